The molecule has 1 heterocycles. The highest BCUT2D eigenvalue weighted by Crippen LogP contribution is 2.83. The first-order valence-electron chi connectivity index (χ1n) is 11.2. The highest BCUT2D eigenvalue weighted by atomic mass is 32.1. The molecule has 3 heteroatoms. The molecule has 2 atom stereocenters. The average Bonchev–Trinajstić information content (AvgIpc) is 3.00. The number of rotatable bonds is 2. The quantitative estimate of drug-likeness (QED) is 0.352. The van der Waals surface area contributed by atoms with Crippen LogP contribution < -0.4 is 0 Å². The molecular formula is C27H40NPS. The zero-order chi connectivity index (χ0) is 22.5. The Morgan fingerprint density at radius 1 is 0.900 bits per heavy atom. The molecule has 2 aromatic carbocycles. The van der Waals surface area contributed by atoms with Crippen LogP contribution in [0.1, 0.15) is 76.6 Å². The van der Waals surface area contributed by atoms with Crippen LogP contribution in [-0.2, 0) is 5.16 Å². The molecule has 0 radical (unpaired) electrons. The molecule has 0 aromatic heterocycles. The van der Waals surface area contributed by atoms with Gasteiger partial charge in [0, 0.05) is 10.1 Å². The third-order valence-electron chi connectivity index (χ3n) is 7.25. The predicted molar refractivity (Wildman–Crippen MR) is 138 cm³/mol. The van der Waals surface area contributed by atoms with E-state index in [1.165, 1.54) is 46.9 Å². The summed E-state index contributed by atoms with van der Waals surface area (Å²) in [6.45, 7) is 21.3. The molecule has 1 nitrogen and oxygen atoms in total. The van der Waals surface area contributed by atoms with E-state index in [1.807, 2.05) is 0 Å². The van der Waals surface area contributed by atoms with Crippen LogP contribution in [0.2, 0.25) is 0 Å². The van der Waals surface area contributed by atoms with Crippen molar-refractivity contribution in [1.82, 2.24) is 0 Å². The van der Waals surface area contributed by atoms with Crippen molar-refractivity contribution in [2.75, 3.05) is 6.16 Å². The second-order valence-electron chi connectivity index (χ2n) is 11.3. The van der Waals surface area contributed by atoms with Crippen molar-refractivity contribution in [3.05, 3.63) is 58.7 Å². The zero-order valence-corrected chi connectivity index (χ0v) is 22.2. The molecule has 3 rings (SSSR count). The Labute approximate surface area is 190 Å². The van der Waals surface area contributed by atoms with Crippen molar-refractivity contribution in [3.63, 3.8) is 0 Å². The van der Waals surface area contributed by atoms with E-state index in [9.17, 15) is 0 Å². The van der Waals surface area contributed by atoms with Crippen LogP contribution in [0, 0.1) is 26.2 Å². The van der Waals surface area contributed by atoms with E-state index in [1.54, 1.807) is 0 Å². The maximum Gasteiger partial charge on any atom is 0.0672 e. The van der Waals surface area contributed by atoms with Crippen molar-refractivity contribution in [2.24, 2.45) is 10.2 Å². The van der Waals surface area contributed by atoms with Crippen LogP contribution in [-0.4, -0.2) is 11.3 Å². The van der Waals surface area contributed by atoms with Gasteiger partial charge in [-0.1, -0.05) is 71.4 Å². The third kappa shape index (κ3) is 3.63. The van der Waals surface area contributed by atoms with Gasteiger partial charge < -0.3 is 0 Å². The molecule has 0 N–H and O–H groups in total. The highest BCUT2D eigenvalue weighted by molar-refractivity contribution is 7.80. The summed E-state index contributed by atoms with van der Waals surface area (Å²) in [5.74, 6) is 0. The average molecular weight is 442 g/mol. The molecule has 1 saturated heterocycles. The van der Waals surface area contributed by atoms with Crippen molar-refractivity contribution in [3.8, 4) is 0 Å². The molecule has 30 heavy (non-hydrogen) atoms. The van der Waals surface area contributed by atoms with Crippen molar-refractivity contribution in [1.29, 1.82) is 0 Å². The van der Waals surface area contributed by atoms with E-state index >= 15 is 0 Å². The molecule has 0 bridgehead atoms. The lowest BCUT2D eigenvalue weighted by Gasteiger charge is -2.55. The minimum atomic E-state index is -1.82. The Kier molecular flexibility index (Phi) is 6.20. The number of aryl methyl sites for hydroxylation is 3. The van der Waals surface area contributed by atoms with Gasteiger partial charge >= 0.3 is 0 Å². The first-order chi connectivity index (χ1) is 13.7. The fourth-order valence-corrected chi connectivity index (χ4v) is 12.5. The highest BCUT2D eigenvalue weighted by Gasteiger charge is 2.60. The van der Waals surface area contributed by atoms with Crippen molar-refractivity contribution in [2.45, 2.75) is 90.4 Å². The summed E-state index contributed by atoms with van der Waals surface area (Å²) in [6, 6.07) is 13.6. The summed E-state index contributed by atoms with van der Waals surface area (Å²) in [5, 5.41) is 0.184. The number of nitrogens with zero attached hydrogens (tertiary/aromatic N) is 1. The number of benzene rings is 2. The number of thiol groups is 1. The molecule has 2 aromatic rings. The van der Waals surface area contributed by atoms with E-state index in [2.05, 4.69) is 111 Å². The normalized spacial score (nSPS) is 24.9. The van der Waals surface area contributed by atoms with Gasteiger partial charge in [-0.15, -0.1) is 12.6 Å². The molecule has 0 amide bonds. The summed E-state index contributed by atoms with van der Waals surface area (Å²) < 4.78 is 5.91. The van der Waals surface area contributed by atoms with Gasteiger partial charge in [-0.05, 0) is 86.2 Å². The van der Waals surface area contributed by atoms with Crippen LogP contribution in [0.25, 0.3) is 0 Å². The van der Waals surface area contributed by atoms with E-state index in [0.29, 0.717) is 0 Å². The Balaban J connectivity index is 2.47. The predicted octanol–water partition coefficient (Wildman–Crippen LogP) is 9.27. The van der Waals surface area contributed by atoms with Crippen LogP contribution in [0.5, 0.6) is 0 Å². The van der Waals surface area contributed by atoms with E-state index in [-0.39, 0.29) is 15.7 Å². The van der Waals surface area contributed by atoms with Gasteiger partial charge in [-0.25, -0.2) is 0 Å². The Bertz CT molecular complexity index is 966. The van der Waals surface area contributed by atoms with E-state index < -0.39 is 7.05 Å². The molecule has 1 aliphatic rings. The Morgan fingerprint density at radius 3 is 1.90 bits per heavy atom. The smallest absolute Gasteiger partial charge is 0.0672 e. The van der Waals surface area contributed by atoms with Gasteiger partial charge in [0.15, 0.2) is 0 Å². The van der Waals surface area contributed by atoms with Crippen LogP contribution >= 0.6 is 19.7 Å². The lowest BCUT2D eigenvalue weighted by molar-refractivity contribution is 0.266. The molecule has 0 saturated carbocycles. The molecule has 0 spiro atoms. The van der Waals surface area contributed by atoms with Gasteiger partial charge in [0.2, 0.25) is 0 Å². The SMILES string of the molecule is Cc1cc(C)c(N=P2(C(C)(C)C)CCCC2(c2ccc(S)cc2)C(C)(C)C)c(C)c1. The second kappa shape index (κ2) is 7.86. The Hall–Kier alpha value is -0.980. The minimum Gasteiger partial charge on any atom is -0.266 e. The number of hydrogen-bond donors (Lipinski definition) is 1. The second-order valence-corrected chi connectivity index (χ2v) is 16.1. The Morgan fingerprint density at radius 2 is 1.43 bits per heavy atom. The third-order valence-corrected chi connectivity index (χ3v) is 13.7. The molecule has 0 aliphatic carbocycles. The van der Waals surface area contributed by atoms with Gasteiger partial charge in [0.25, 0.3) is 0 Å². The summed E-state index contributed by atoms with van der Waals surface area (Å²) in [7, 11) is -1.82. The summed E-state index contributed by atoms with van der Waals surface area (Å²) in [5.41, 5.74) is 6.77. The number of hydrogen-bond acceptors (Lipinski definition) is 2. The maximum absolute atomic E-state index is 5.91. The standard InChI is InChI=1S/C27H40NPS/c1-19-17-20(2)24(21(3)18-19)28-29(26(7,8)9)16-10-15-27(29,25(4,5)6)22-11-13-23(30)14-12-22/h11-14,17-18,30H,10,15-16H2,1-9H3. The summed E-state index contributed by atoms with van der Waals surface area (Å²) in [4.78, 5) is 1.03. The monoisotopic (exact) mass is 441 g/mol. The topological polar surface area (TPSA) is 12.4 Å². The molecule has 1 aliphatic heterocycles. The van der Waals surface area contributed by atoms with Crippen LogP contribution in [0.4, 0.5) is 5.69 Å². The van der Waals surface area contributed by atoms with Crippen LogP contribution in [0.3, 0.4) is 0 Å². The van der Waals surface area contributed by atoms with Gasteiger partial charge in [0.05, 0.1) is 5.69 Å². The van der Waals surface area contributed by atoms with Gasteiger partial charge in [0.1, 0.15) is 0 Å². The van der Waals surface area contributed by atoms with Gasteiger partial charge in [-0.2, -0.15) is 0 Å². The molecular weight excluding hydrogens is 401 g/mol. The van der Waals surface area contributed by atoms with Crippen molar-refractivity contribution >= 4 is 25.4 Å². The lowest BCUT2D eigenvalue weighted by Crippen LogP contribution is -2.42. The maximum atomic E-state index is 5.91. The molecule has 164 valence electrons. The minimum absolute atomic E-state index is 0.0590. The fourth-order valence-electron chi connectivity index (χ4n) is 6.09. The van der Waals surface area contributed by atoms with Crippen LogP contribution in [0.15, 0.2) is 46.0 Å². The molecule has 2 unspecified atom stereocenters. The largest absolute Gasteiger partial charge is 0.266 e. The summed E-state index contributed by atoms with van der Waals surface area (Å²) >= 11 is 4.58. The summed E-state index contributed by atoms with van der Waals surface area (Å²) in [6.07, 6.45) is 3.68. The lowest BCUT2D eigenvalue weighted by atomic mass is 9.73. The van der Waals surface area contributed by atoms with Crippen molar-refractivity contribution < 1.29 is 0 Å². The fraction of sp³-hybridized carbons (Fsp3) is 0.556. The first kappa shape index (κ1) is 23.7. The molecule has 1 fully saturated rings. The first-order valence-corrected chi connectivity index (χ1v) is 13.6. The van der Waals surface area contributed by atoms with E-state index in [4.69, 9.17) is 4.74 Å². The van der Waals surface area contributed by atoms with Gasteiger partial charge in [-0.3, -0.25) is 4.74 Å². The van der Waals surface area contributed by atoms with E-state index in [0.717, 1.165) is 4.90 Å². The zero-order valence-electron chi connectivity index (χ0n) is 20.4.